The largest absolute Gasteiger partial charge is 0.466 e. The second-order valence-corrected chi connectivity index (χ2v) is 8.73. The van der Waals surface area contributed by atoms with E-state index in [1.807, 2.05) is 6.07 Å². The molecular weight excluding hydrogens is 517 g/mol. The summed E-state index contributed by atoms with van der Waals surface area (Å²) in [4.78, 5) is 39.0. The summed E-state index contributed by atoms with van der Waals surface area (Å²) < 4.78 is 46.7. The number of rotatable bonds is 6. The molecule has 0 spiro atoms. The Morgan fingerprint density at radius 3 is 2.62 bits per heavy atom. The van der Waals surface area contributed by atoms with Crippen molar-refractivity contribution in [2.75, 3.05) is 18.6 Å². The summed E-state index contributed by atoms with van der Waals surface area (Å²) in [7, 11) is 1.15. The normalized spacial score (nSPS) is 15.0. The van der Waals surface area contributed by atoms with Crippen LogP contribution < -0.4 is 15.9 Å². The molecule has 1 amide bonds. The van der Waals surface area contributed by atoms with Gasteiger partial charge in [0, 0.05) is 24.9 Å². The molecule has 2 heterocycles. The van der Waals surface area contributed by atoms with Crippen molar-refractivity contribution in [3.05, 3.63) is 86.5 Å². The van der Waals surface area contributed by atoms with Gasteiger partial charge in [0.05, 0.1) is 29.9 Å². The van der Waals surface area contributed by atoms with Crippen LogP contribution in [-0.4, -0.2) is 40.3 Å². The summed E-state index contributed by atoms with van der Waals surface area (Å²) in [6.45, 7) is 3.08. The van der Waals surface area contributed by atoms with Gasteiger partial charge in [-0.1, -0.05) is 12.1 Å². The van der Waals surface area contributed by atoms with Gasteiger partial charge in [0.2, 0.25) is 11.9 Å². The number of allylic oxidation sites excluding steroid dienone is 1. The highest BCUT2D eigenvalue weighted by Crippen LogP contribution is 2.43. The van der Waals surface area contributed by atoms with Gasteiger partial charge in [-0.15, -0.1) is 5.10 Å². The van der Waals surface area contributed by atoms with Crippen LogP contribution in [0.1, 0.15) is 42.1 Å². The molecule has 1 unspecified atom stereocenters. The van der Waals surface area contributed by atoms with E-state index in [1.54, 1.807) is 12.1 Å². The van der Waals surface area contributed by atoms with Crippen LogP contribution in [0.2, 0.25) is 0 Å². The maximum absolute atomic E-state index is 13.5. The third kappa shape index (κ3) is 5.13. The van der Waals surface area contributed by atoms with Crippen LogP contribution in [0.4, 0.5) is 24.8 Å². The minimum absolute atomic E-state index is 0.0172. The van der Waals surface area contributed by atoms with Crippen LogP contribution in [0.25, 0.3) is 0 Å². The number of ether oxygens (including phenoxy) is 1. The molecule has 3 aromatic rings. The highest BCUT2D eigenvalue weighted by molar-refractivity contribution is 5.93. The number of benzene rings is 2. The second-order valence-electron chi connectivity index (χ2n) is 8.73. The third-order valence-electron chi connectivity index (χ3n) is 6.31. The minimum Gasteiger partial charge on any atom is -0.466 e. The van der Waals surface area contributed by atoms with Crippen molar-refractivity contribution >= 4 is 23.5 Å². The zero-order chi connectivity index (χ0) is 28.5. The molecule has 1 atom stereocenters. The molecule has 0 saturated heterocycles. The predicted octanol–water partition coefficient (Wildman–Crippen LogP) is 3.33. The van der Waals surface area contributed by atoms with Crippen LogP contribution in [0.5, 0.6) is 0 Å². The molecule has 13 heteroatoms. The molecule has 0 bridgehead atoms. The van der Waals surface area contributed by atoms with Crippen molar-refractivity contribution in [3.8, 4) is 6.07 Å². The third-order valence-corrected chi connectivity index (χ3v) is 6.31. The van der Waals surface area contributed by atoms with Gasteiger partial charge in [-0.2, -0.15) is 18.4 Å². The summed E-state index contributed by atoms with van der Waals surface area (Å²) in [5, 5.41) is 18.5. The second kappa shape index (κ2) is 10.5. The summed E-state index contributed by atoms with van der Waals surface area (Å²) in [6, 6.07) is 10.1. The van der Waals surface area contributed by atoms with Crippen LogP contribution in [-0.2, 0) is 26.9 Å². The number of carbonyl (C=O) groups is 2. The quantitative estimate of drug-likeness (QED) is 0.458. The maximum Gasteiger partial charge on any atom is 0.416 e. The molecule has 1 aliphatic heterocycles. The van der Waals surface area contributed by atoms with E-state index in [1.165, 1.54) is 36.9 Å². The van der Waals surface area contributed by atoms with Crippen LogP contribution >= 0.6 is 0 Å². The molecule has 1 aromatic heterocycles. The van der Waals surface area contributed by atoms with Gasteiger partial charge >= 0.3 is 17.8 Å². The molecule has 2 N–H and O–H groups in total. The van der Waals surface area contributed by atoms with Crippen LogP contribution in [0.3, 0.4) is 0 Å². The first-order valence-electron chi connectivity index (χ1n) is 11.7. The first-order chi connectivity index (χ1) is 18.5. The SMILES string of the molecule is COC(=O)C1=C(C)N(c2cccc(C(F)(F)F)c2)c2n[nH]c(=O)n2C1c1ccc(C#N)cc1CCNC(C)=O. The molecule has 2 aromatic carbocycles. The van der Waals surface area contributed by atoms with Crippen molar-refractivity contribution in [3.63, 3.8) is 0 Å². The number of anilines is 2. The van der Waals surface area contributed by atoms with E-state index in [4.69, 9.17) is 4.74 Å². The first kappa shape index (κ1) is 27.2. The number of nitrogens with one attached hydrogen (secondary N) is 2. The lowest BCUT2D eigenvalue weighted by molar-refractivity contribution is -0.138. The van der Waals surface area contributed by atoms with Gasteiger partial charge < -0.3 is 10.1 Å². The van der Waals surface area contributed by atoms with Crippen molar-refractivity contribution < 1.29 is 27.5 Å². The van der Waals surface area contributed by atoms with E-state index < -0.39 is 29.4 Å². The molecular formula is C26H23F3N6O4. The Morgan fingerprint density at radius 2 is 1.97 bits per heavy atom. The lowest BCUT2D eigenvalue weighted by atomic mass is 9.89. The standard InChI is InChI=1S/C26H23F3N6O4/c1-14-21(23(37)39-3)22(20-8-7-16(13-30)11-17(20)9-10-31-15(2)36)35-24(32-33-25(35)38)34(14)19-6-4-5-18(12-19)26(27,28)29/h4-8,11-12,22H,9-10H2,1-3H3,(H,31,36)(H,33,38). The number of aromatic amines is 1. The van der Waals surface area contributed by atoms with E-state index in [0.717, 1.165) is 23.8 Å². The van der Waals surface area contributed by atoms with E-state index in [0.29, 0.717) is 16.7 Å². The van der Waals surface area contributed by atoms with Gasteiger partial charge in [-0.05, 0) is 54.8 Å². The Bertz CT molecular complexity index is 1580. The van der Waals surface area contributed by atoms with E-state index in [-0.39, 0.29) is 41.8 Å². The Balaban J connectivity index is 1.98. The molecule has 202 valence electrons. The van der Waals surface area contributed by atoms with E-state index in [9.17, 15) is 32.8 Å². The number of esters is 1. The Kier molecular flexibility index (Phi) is 7.31. The number of fused-ring (bicyclic) bond motifs is 1. The number of amides is 1. The first-order valence-corrected chi connectivity index (χ1v) is 11.7. The number of methoxy groups -OCH3 is 1. The number of nitrogens with zero attached hydrogens (tertiary/aromatic N) is 4. The Morgan fingerprint density at radius 1 is 1.23 bits per heavy atom. The van der Waals surface area contributed by atoms with E-state index >= 15 is 0 Å². The fourth-order valence-electron chi connectivity index (χ4n) is 4.61. The van der Waals surface area contributed by atoms with Crippen LogP contribution in [0.15, 0.2) is 58.5 Å². The highest BCUT2D eigenvalue weighted by atomic mass is 19.4. The number of hydrogen-bond acceptors (Lipinski definition) is 7. The fourth-order valence-corrected chi connectivity index (χ4v) is 4.61. The number of hydrogen-bond donors (Lipinski definition) is 2. The molecule has 10 nitrogen and oxygen atoms in total. The van der Waals surface area contributed by atoms with E-state index in [2.05, 4.69) is 15.5 Å². The number of halogens is 3. The number of nitriles is 1. The van der Waals surface area contributed by atoms with Crippen molar-refractivity contribution in [2.45, 2.75) is 32.5 Å². The number of aromatic nitrogens is 3. The maximum atomic E-state index is 13.5. The molecule has 1 aliphatic rings. The van der Waals surface area contributed by atoms with Crippen molar-refractivity contribution in [1.82, 2.24) is 20.1 Å². The highest BCUT2D eigenvalue weighted by Gasteiger charge is 2.41. The molecule has 39 heavy (non-hydrogen) atoms. The monoisotopic (exact) mass is 540 g/mol. The summed E-state index contributed by atoms with van der Waals surface area (Å²) in [5.41, 5.74) is -0.122. The Hall–Kier alpha value is -4.86. The molecule has 0 fully saturated rings. The average Bonchev–Trinajstić information content (AvgIpc) is 3.27. The fraction of sp³-hybridized carbons (Fsp3) is 0.269. The van der Waals surface area contributed by atoms with Crippen molar-refractivity contribution in [2.24, 2.45) is 0 Å². The van der Waals surface area contributed by atoms with Gasteiger partial charge in [-0.3, -0.25) is 9.69 Å². The van der Waals surface area contributed by atoms with Crippen molar-refractivity contribution in [1.29, 1.82) is 5.26 Å². The zero-order valence-electron chi connectivity index (χ0n) is 21.1. The van der Waals surface area contributed by atoms with Gasteiger partial charge in [-0.25, -0.2) is 19.3 Å². The number of carbonyl (C=O) groups excluding carboxylic acids is 2. The average molecular weight is 541 g/mol. The number of H-pyrrole nitrogens is 1. The topological polar surface area (TPSA) is 133 Å². The predicted molar refractivity (Wildman–Crippen MR) is 133 cm³/mol. The van der Waals surface area contributed by atoms with Crippen LogP contribution in [0, 0.1) is 11.3 Å². The molecule has 0 saturated carbocycles. The number of alkyl halides is 3. The summed E-state index contributed by atoms with van der Waals surface area (Å²) >= 11 is 0. The lowest BCUT2D eigenvalue weighted by Crippen LogP contribution is -2.38. The van der Waals surface area contributed by atoms with Gasteiger partial charge in [0.15, 0.2) is 0 Å². The molecule has 0 radical (unpaired) electrons. The van der Waals surface area contributed by atoms with Gasteiger partial charge in [0.25, 0.3) is 0 Å². The Labute approximate surface area is 220 Å². The van der Waals surface area contributed by atoms with Gasteiger partial charge in [0.1, 0.15) is 6.04 Å². The summed E-state index contributed by atoms with van der Waals surface area (Å²) in [5.74, 6) is -1.13. The minimum atomic E-state index is -4.63. The zero-order valence-corrected chi connectivity index (χ0v) is 21.1. The molecule has 4 rings (SSSR count). The lowest BCUT2D eigenvalue weighted by Gasteiger charge is -2.36. The molecule has 0 aliphatic carbocycles. The summed E-state index contributed by atoms with van der Waals surface area (Å²) in [6.07, 6.45) is -4.37. The smallest absolute Gasteiger partial charge is 0.416 e.